The molecule has 2 heterocycles. The van der Waals surface area contributed by atoms with E-state index < -0.39 is 11.0 Å². The minimum absolute atomic E-state index is 0.0752. The lowest BCUT2D eigenvalue weighted by Crippen LogP contribution is -2.45. The van der Waals surface area contributed by atoms with E-state index in [-0.39, 0.29) is 5.41 Å². The lowest BCUT2D eigenvalue weighted by Gasteiger charge is -2.40. The van der Waals surface area contributed by atoms with Crippen LogP contribution in [0.1, 0.15) is 32.3 Å². The summed E-state index contributed by atoms with van der Waals surface area (Å²) in [6.07, 6.45) is 3.78. The van der Waals surface area contributed by atoms with Crippen molar-refractivity contribution in [3.05, 3.63) is 72.6 Å². The fraction of sp³-hybridized carbons (Fsp3) is 0.391. The molecule has 1 unspecified atom stereocenters. The van der Waals surface area contributed by atoms with Crippen molar-refractivity contribution in [3.63, 3.8) is 0 Å². The second kappa shape index (κ2) is 8.82. The van der Waals surface area contributed by atoms with Gasteiger partial charge in [0.25, 0.3) is 0 Å². The van der Waals surface area contributed by atoms with Gasteiger partial charge in [-0.25, -0.2) is 4.21 Å². The van der Waals surface area contributed by atoms with Crippen molar-refractivity contribution < 1.29 is 8.95 Å². The molecule has 150 valence electrons. The molecule has 2 aromatic carbocycles. The third-order valence-electron chi connectivity index (χ3n) is 5.55. The molecular weight excluding hydrogens is 368 g/mol. The van der Waals surface area contributed by atoms with E-state index in [0.29, 0.717) is 5.88 Å². The van der Waals surface area contributed by atoms with Crippen LogP contribution in [0.15, 0.2) is 67.1 Å². The lowest BCUT2D eigenvalue weighted by molar-refractivity contribution is 0.147. The van der Waals surface area contributed by atoms with Crippen molar-refractivity contribution in [3.8, 4) is 5.75 Å². The number of rotatable bonds is 4. The maximum Gasteiger partial charge on any atom is 0.188 e. The summed E-state index contributed by atoms with van der Waals surface area (Å²) >= 11 is 0. The Balaban J connectivity index is 0.00000109. The summed E-state index contributed by atoms with van der Waals surface area (Å²) in [4.78, 5) is 2.21. The number of hydrogen-bond donors (Lipinski definition) is 0. The molecule has 0 aromatic heterocycles. The van der Waals surface area contributed by atoms with Gasteiger partial charge in [0.2, 0.25) is 0 Å². The molecule has 0 bridgehead atoms. The van der Waals surface area contributed by atoms with Crippen molar-refractivity contribution in [2.75, 3.05) is 30.2 Å². The molecule has 1 atom stereocenters. The number of benzene rings is 2. The molecule has 5 heteroatoms. The maximum absolute atomic E-state index is 12.2. The van der Waals surface area contributed by atoms with Crippen LogP contribution in [0.2, 0.25) is 0 Å². The summed E-state index contributed by atoms with van der Waals surface area (Å²) in [7, 11) is -0.997. The lowest BCUT2D eigenvalue weighted by atomic mass is 9.74. The van der Waals surface area contributed by atoms with E-state index in [1.54, 1.807) is 6.26 Å². The molecule has 2 aliphatic rings. The summed E-state index contributed by atoms with van der Waals surface area (Å²) < 4.78 is 20.2. The van der Waals surface area contributed by atoms with Gasteiger partial charge in [-0.2, -0.15) is 0 Å². The molecule has 0 aliphatic carbocycles. The predicted octanol–water partition coefficient (Wildman–Crippen LogP) is 4.71. The van der Waals surface area contributed by atoms with Crippen molar-refractivity contribution in [1.82, 2.24) is 4.90 Å². The Morgan fingerprint density at radius 1 is 1.04 bits per heavy atom. The highest BCUT2D eigenvalue weighted by Gasteiger charge is 2.45. The Kier molecular flexibility index (Phi) is 6.45. The summed E-state index contributed by atoms with van der Waals surface area (Å²) in [6.45, 7) is 10.7. The summed E-state index contributed by atoms with van der Waals surface area (Å²) in [5, 5.41) is 0. The van der Waals surface area contributed by atoms with E-state index in [4.69, 9.17) is 4.74 Å². The molecule has 0 radical (unpaired) electrons. The SMILES string of the molecule is C=C(Oc1ccccc1)N1CCC2(CC1)CN(S(C)=O)c1ccccc12.CC. The van der Waals surface area contributed by atoms with E-state index in [9.17, 15) is 4.21 Å². The molecular formula is C23H30N2O2S. The van der Waals surface area contributed by atoms with Crippen LogP contribution in [0, 0.1) is 0 Å². The zero-order chi connectivity index (χ0) is 20.1. The van der Waals surface area contributed by atoms with Gasteiger partial charge in [0.1, 0.15) is 16.7 Å². The van der Waals surface area contributed by atoms with Crippen LogP contribution in [0.5, 0.6) is 5.75 Å². The summed E-state index contributed by atoms with van der Waals surface area (Å²) in [6, 6.07) is 18.2. The number of fused-ring (bicyclic) bond motifs is 2. The van der Waals surface area contributed by atoms with Gasteiger partial charge in [0.05, 0.1) is 5.69 Å². The fourth-order valence-electron chi connectivity index (χ4n) is 4.11. The first kappa shape index (κ1) is 20.5. The van der Waals surface area contributed by atoms with Gasteiger partial charge < -0.3 is 9.64 Å². The van der Waals surface area contributed by atoms with Crippen LogP contribution in [-0.4, -0.2) is 35.0 Å². The number of nitrogens with zero attached hydrogens (tertiary/aromatic N) is 2. The van der Waals surface area contributed by atoms with Gasteiger partial charge in [-0.1, -0.05) is 50.2 Å². The van der Waals surface area contributed by atoms with Crippen LogP contribution < -0.4 is 9.04 Å². The van der Waals surface area contributed by atoms with E-state index in [0.717, 1.165) is 43.9 Å². The molecule has 28 heavy (non-hydrogen) atoms. The zero-order valence-electron chi connectivity index (χ0n) is 17.1. The van der Waals surface area contributed by atoms with E-state index in [1.165, 1.54) is 5.56 Å². The fourth-order valence-corrected chi connectivity index (χ4v) is 4.98. The molecule has 2 aliphatic heterocycles. The largest absolute Gasteiger partial charge is 0.442 e. The Labute approximate surface area is 171 Å². The molecule has 2 aromatic rings. The van der Waals surface area contributed by atoms with Crippen LogP contribution in [0.25, 0.3) is 0 Å². The van der Waals surface area contributed by atoms with Gasteiger partial charge in [-0.3, -0.25) is 4.31 Å². The van der Waals surface area contributed by atoms with Gasteiger partial charge in [0, 0.05) is 31.3 Å². The number of likely N-dealkylation sites (tertiary alicyclic amines) is 1. The minimum Gasteiger partial charge on any atom is -0.442 e. The average Bonchev–Trinajstić information content (AvgIpc) is 3.05. The average molecular weight is 399 g/mol. The quantitative estimate of drug-likeness (QED) is 0.699. The van der Waals surface area contributed by atoms with Crippen molar-refractivity contribution in [2.24, 2.45) is 0 Å². The highest BCUT2D eigenvalue weighted by atomic mass is 32.2. The number of para-hydroxylation sites is 2. The van der Waals surface area contributed by atoms with Crippen LogP contribution in [0.3, 0.4) is 0 Å². The Bertz CT molecular complexity index is 830. The number of anilines is 1. The molecule has 0 saturated carbocycles. The van der Waals surface area contributed by atoms with Crippen LogP contribution >= 0.6 is 0 Å². The summed E-state index contributed by atoms with van der Waals surface area (Å²) in [5.74, 6) is 1.52. The zero-order valence-corrected chi connectivity index (χ0v) is 17.9. The molecule has 1 saturated heterocycles. The van der Waals surface area contributed by atoms with Crippen LogP contribution in [-0.2, 0) is 16.4 Å². The van der Waals surface area contributed by atoms with Gasteiger partial charge >= 0.3 is 0 Å². The Morgan fingerprint density at radius 2 is 1.64 bits per heavy atom. The standard InChI is InChI=1S/C21H24N2O2S.C2H6/c1-17(25-18-8-4-3-5-9-18)22-14-12-21(13-15-22)16-23(26(2)24)20-11-7-6-10-19(20)21;1-2/h3-11H,1,12-16H2,2H3;1-2H3. The molecule has 1 fully saturated rings. The van der Waals surface area contributed by atoms with Crippen LogP contribution in [0.4, 0.5) is 5.69 Å². The van der Waals surface area contributed by atoms with E-state index in [2.05, 4.69) is 29.7 Å². The monoisotopic (exact) mass is 398 g/mol. The molecule has 4 nitrogen and oxygen atoms in total. The molecule has 0 N–H and O–H groups in total. The highest BCUT2D eigenvalue weighted by molar-refractivity contribution is 7.85. The Morgan fingerprint density at radius 3 is 2.29 bits per heavy atom. The summed E-state index contributed by atoms with van der Waals surface area (Å²) in [5.41, 5.74) is 2.54. The van der Waals surface area contributed by atoms with Crippen molar-refractivity contribution in [1.29, 1.82) is 0 Å². The second-order valence-corrected chi connectivity index (χ2v) is 8.34. The van der Waals surface area contributed by atoms with E-state index in [1.807, 2.05) is 54.6 Å². The highest BCUT2D eigenvalue weighted by Crippen LogP contribution is 2.47. The number of ether oxygens (including phenoxy) is 1. The third-order valence-corrected chi connectivity index (χ3v) is 6.50. The van der Waals surface area contributed by atoms with Gasteiger partial charge in [-0.05, 0) is 43.2 Å². The van der Waals surface area contributed by atoms with Gasteiger partial charge in [-0.15, -0.1) is 0 Å². The topological polar surface area (TPSA) is 32.8 Å². The number of hydrogen-bond acceptors (Lipinski definition) is 3. The van der Waals surface area contributed by atoms with Crippen molar-refractivity contribution >= 4 is 16.7 Å². The molecule has 4 rings (SSSR count). The van der Waals surface area contributed by atoms with Crippen molar-refractivity contribution in [2.45, 2.75) is 32.1 Å². The first-order valence-corrected chi connectivity index (χ1v) is 11.5. The third kappa shape index (κ3) is 3.95. The molecule has 0 amide bonds. The Hall–Kier alpha value is -2.27. The first-order valence-electron chi connectivity index (χ1n) is 9.96. The van der Waals surface area contributed by atoms with E-state index >= 15 is 0 Å². The first-order chi connectivity index (χ1) is 13.6. The van der Waals surface area contributed by atoms with Gasteiger partial charge in [0.15, 0.2) is 5.88 Å². The maximum atomic E-state index is 12.2. The predicted molar refractivity (Wildman–Crippen MR) is 118 cm³/mol. The number of piperidine rings is 1. The molecule has 1 spiro atoms. The smallest absolute Gasteiger partial charge is 0.188 e. The second-order valence-electron chi connectivity index (χ2n) is 7.05. The normalized spacial score (nSPS) is 18.1. The minimum atomic E-state index is -0.997.